The Hall–Kier alpha value is 0.530. The number of nitrogens with two attached hydrogens (primary N) is 2. The van der Waals surface area contributed by atoms with Crippen molar-refractivity contribution in [3.63, 3.8) is 0 Å². The van der Waals surface area contributed by atoms with Gasteiger partial charge < -0.3 is 10.8 Å². The minimum Gasteiger partial charge on any atom is -0.355 e. The fraction of sp³-hybridized carbons (Fsp3) is 1.00. The summed E-state index contributed by atoms with van der Waals surface area (Å²) in [6, 6.07) is 0. The minimum absolute atomic E-state index is 0.361. The SMILES string of the molecule is NCNCNC(N)(O)I. The van der Waals surface area contributed by atoms with E-state index < -0.39 is 3.86 Å². The Morgan fingerprint density at radius 1 is 1.67 bits per heavy atom. The topological polar surface area (TPSA) is 96.3 Å². The summed E-state index contributed by atoms with van der Waals surface area (Å²) in [5, 5.41) is 14.1. The highest BCUT2D eigenvalue weighted by atomic mass is 127. The molecule has 0 fully saturated rings. The van der Waals surface area contributed by atoms with Gasteiger partial charge in [-0.15, -0.1) is 0 Å². The summed E-state index contributed by atoms with van der Waals surface area (Å²) in [5.74, 6) is 0. The number of hydrogen-bond donors (Lipinski definition) is 5. The molecule has 0 heterocycles. The highest BCUT2D eigenvalue weighted by Gasteiger charge is 2.11. The van der Waals surface area contributed by atoms with Crippen molar-refractivity contribution < 1.29 is 5.11 Å². The first kappa shape index (κ1) is 9.53. The number of rotatable bonds is 4. The van der Waals surface area contributed by atoms with Crippen molar-refractivity contribution >= 4 is 22.6 Å². The van der Waals surface area contributed by atoms with Gasteiger partial charge in [-0.05, 0) is 22.6 Å². The average molecular weight is 246 g/mol. The van der Waals surface area contributed by atoms with E-state index in [2.05, 4.69) is 10.6 Å². The molecule has 0 aliphatic heterocycles. The minimum atomic E-state index is -1.35. The van der Waals surface area contributed by atoms with Crippen LogP contribution < -0.4 is 22.1 Å². The molecule has 0 rings (SSSR count). The third kappa shape index (κ3) is 8.53. The molecule has 0 aromatic rings. The Balaban J connectivity index is 3.07. The molecule has 9 heavy (non-hydrogen) atoms. The van der Waals surface area contributed by atoms with Crippen LogP contribution in [0.15, 0.2) is 0 Å². The van der Waals surface area contributed by atoms with E-state index in [0.29, 0.717) is 13.3 Å². The van der Waals surface area contributed by atoms with E-state index in [1.165, 1.54) is 0 Å². The monoisotopic (exact) mass is 246 g/mol. The number of alkyl halides is 1. The van der Waals surface area contributed by atoms with E-state index >= 15 is 0 Å². The summed E-state index contributed by atoms with van der Waals surface area (Å²) in [6.07, 6.45) is 0. The van der Waals surface area contributed by atoms with Crippen molar-refractivity contribution in [2.75, 3.05) is 13.3 Å². The second kappa shape index (κ2) is 4.36. The van der Waals surface area contributed by atoms with Gasteiger partial charge in [-0.1, -0.05) is 0 Å². The van der Waals surface area contributed by atoms with E-state index in [0.717, 1.165) is 0 Å². The lowest BCUT2D eigenvalue weighted by Gasteiger charge is -2.16. The molecule has 0 saturated heterocycles. The summed E-state index contributed by atoms with van der Waals surface area (Å²) in [7, 11) is 0. The van der Waals surface area contributed by atoms with Gasteiger partial charge in [0.05, 0.1) is 6.67 Å². The maximum atomic E-state index is 8.82. The number of halogens is 1. The molecule has 7 N–H and O–H groups in total. The smallest absolute Gasteiger partial charge is 0.224 e. The molecular weight excluding hydrogens is 235 g/mol. The fourth-order valence-electron chi connectivity index (χ4n) is 0.259. The van der Waals surface area contributed by atoms with Gasteiger partial charge in [-0.3, -0.25) is 16.4 Å². The van der Waals surface area contributed by atoms with Gasteiger partial charge in [0, 0.05) is 6.67 Å². The highest BCUT2D eigenvalue weighted by molar-refractivity contribution is 14.1. The second-order valence-electron chi connectivity index (χ2n) is 1.48. The van der Waals surface area contributed by atoms with Crippen molar-refractivity contribution in [1.82, 2.24) is 10.6 Å². The molecule has 0 radical (unpaired) electrons. The average Bonchev–Trinajstić information content (AvgIpc) is 1.63. The predicted octanol–water partition coefficient (Wildman–Crippen LogP) is -1.96. The molecule has 1 unspecified atom stereocenters. The molecule has 0 bridgehead atoms. The molecule has 56 valence electrons. The lowest BCUT2D eigenvalue weighted by Crippen LogP contribution is -2.51. The zero-order valence-corrected chi connectivity index (χ0v) is 7.05. The number of hydrogen-bond acceptors (Lipinski definition) is 5. The lowest BCUT2D eigenvalue weighted by molar-refractivity contribution is 0.123. The summed E-state index contributed by atoms with van der Waals surface area (Å²) >= 11 is 1.66. The molecule has 0 amide bonds. The number of nitrogens with one attached hydrogen (secondary N) is 2. The Morgan fingerprint density at radius 2 is 2.22 bits per heavy atom. The van der Waals surface area contributed by atoms with Crippen LogP contribution in [0.3, 0.4) is 0 Å². The van der Waals surface area contributed by atoms with E-state index in [1.54, 1.807) is 22.6 Å². The molecule has 5 nitrogen and oxygen atoms in total. The Bertz CT molecular complexity index is 72.7. The van der Waals surface area contributed by atoms with Crippen LogP contribution in [-0.4, -0.2) is 22.3 Å². The van der Waals surface area contributed by atoms with Gasteiger partial charge in [0.1, 0.15) is 0 Å². The summed E-state index contributed by atoms with van der Waals surface area (Å²) in [5.41, 5.74) is 10.2. The molecule has 0 aromatic carbocycles. The number of aliphatic hydroxyl groups is 1. The predicted molar refractivity (Wildman–Crippen MR) is 43.4 cm³/mol. The summed E-state index contributed by atoms with van der Waals surface area (Å²) < 4.78 is -1.35. The van der Waals surface area contributed by atoms with Gasteiger partial charge in [-0.2, -0.15) is 0 Å². The van der Waals surface area contributed by atoms with Crippen LogP contribution in [0, 0.1) is 0 Å². The molecule has 0 aromatic heterocycles. The zero-order valence-electron chi connectivity index (χ0n) is 4.89. The third-order valence-electron chi connectivity index (χ3n) is 0.606. The van der Waals surface area contributed by atoms with E-state index in [1.807, 2.05) is 0 Å². The first-order valence-corrected chi connectivity index (χ1v) is 3.50. The first-order chi connectivity index (χ1) is 4.06. The van der Waals surface area contributed by atoms with Crippen LogP contribution >= 0.6 is 22.6 Å². The molecular formula is C3H11IN4O. The zero-order chi connectivity index (χ0) is 7.33. The Morgan fingerprint density at radius 3 is 2.56 bits per heavy atom. The molecule has 0 spiro atoms. The Kier molecular flexibility index (Phi) is 4.62. The quantitative estimate of drug-likeness (QED) is 0.130. The maximum absolute atomic E-state index is 8.82. The van der Waals surface area contributed by atoms with Crippen molar-refractivity contribution in [1.29, 1.82) is 0 Å². The van der Waals surface area contributed by atoms with Crippen LogP contribution in [-0.2, 0) is 0 Å². The van der Waals surface area contributed by atoms with Gasteiger partial charge in [0.15, 0.2) is 0 Å². The first-order valence-electron chi connectivity index (χ1n) is 2.42. The van der Waals surface area contributed by atoms with E-state index in [4.69, 9.17) is 16.6 Å². The lowest BCUT2D eigenvalue weighted by atomic mass is 10.9. The molecule has 6 heteroatoms. The van der Waals surface area contributed by atoms with Gasteiger partial charge in [0.25, 0.3) is 0 Å². The molecule has 0 aliphatic rings. The molecule has 1 atom stereocenters. The normalized spacial score (nSPS) is 17.3. The second-order valence-corrected chi connectivity index (χ2v) is 3.13. The van der Waals surface area contributed by atoms with Gasteiger partial charge in [-0.25, -0.2) is 0 Å². The van der Waals surface area contributed by atoms with Gasteiger partial charge in [0.2, 0.25) is 3.86 Å². The highest BCUT2D eigenvalue weighted by Crippen LogP contribution is 1.97. The summed E-state index contributed by atoms with van der Waals surface area (Å²) in [6.45, 7) is 0.756. The van der Waals surface area contributed by atoms with Crippen LogP contribution in [0.25, 0.3) is 0 Å². The summed E-state index contributed by atoms with van der Waals surface area (Å²) in [4.78, 5) is 0. The standard InChI is InChI=1S/C3H11IN4O/c4-3(6,9)8-2-7-1-5/h7-9H,1-2,5-6H2. The van der Waals surface area contributed by atoms with Crippen LogP contribution in [0.1, 0.15) is 0 Å². The third-order valence-corrected chi connectivity index (χ3v) is 0.987. The molecule has 0 saturated carbocycles. The van der Waals surface area contributed by atoms with Gasteiger partial charge >= 0.3 is 0 Å². The van der Waals surface area contributed by atoms with Crippen LogP contribution in [0.5, 0.6) is 0 Å². The molecule has 0 aliphatic carbocycles. The Labute approximate surface area is 67.3 Å². The fourth-order valence-corrected chi connectivity index (χ4v) is 0.449. The van der Waals surface area contributed by atoms with Crippen molar-refractivity contribution in [3.8, 4) is 0 Å². The van der Waals surface area contributed by atoms with Crippen molar-refractivity contribution in [2.24, 2.45) is 11.5 Å². The van der Waals surface area contributed by atoms with Crippen molar-refractivity contribution in [2.45, 2.75) is 3.86 Å². The van der Waals surface area contributed by atoms with Crippen molar-refractivity contribution in [3.05, 3.63) is 0 Å². The van der Waals surface area contributed by atoms with Crippen LogP contribution in [0.2, 0.25) is 0 Å². The maximum Gasteiger partial charge on any atom is 0.224 e. The largest absolute Gasteiger partial charge is 0.355 e. The van der Waals surface area contributed by atoms with E-state index in [9.17, 15) is 0 Å². The van der Waals surface area contributed by atoms with Crippen LogP contribution in [0.4, 0.5) is 0 Å². The van der Waals surface area contributed by atoms with E-state index in [-0.39, 0.29) is 0 Å².